The Bertz CT molecular complexity index is 248. The number of carbonyl (C=O) groups excluding carboxylic acids is 1. The molecular formula is C9H13ClN2O. The zero-order chi connectivity index (χ0) is 9.47. The Morgan fingerprint density at radius 3 is 2.69 bits per heavy atom. The summed E-state index contributed by atoms with van der Waals surface area (Å²) in [5.41, 5.74) is 0.292. The van der Waals surface area contributed by atoms with E-state index in [1.807, 2.05) is 4.90 Å². The van der Waals surface area contributed by atoms with Crippen LogP contribution in [-0.4, -0.2) is 41.4 Å². The second-order valence-corrected chi connectivity index (χ2v) is 4.47. The molecule has 2 saturated heterocycles. The molecule has 2 heterocycles. The van der Waals surface area contributed by atoms with Crippen LogP contribution in [0.15, 0.2) is 12.7 Å². The van der Waals surface area contributed by atoms with Crippen molar-refractivity contribution in [3.63, 3.8) is 0 Å². The van der Waals surface area contributed by atoms with E-state index in [2.05, 4.69) is 6.58 Å². The summed E-state index contributed by atoms with van der Waals surface area (Å²) in [6.07, 6.45) is 2.46. The molecule has 0 N–H and O–H groups in total. The summed E-state index contributed by atoms with van der Waals surface area (Å²) in [6, 6.07) is 0. The van der Waals surface area contributed by atoms with Crippen LogP contribution >= 0.6 is 11.8 Å². The monoisotopic (exact) mass is 200 g/mol. The number of nitrogens with zero attached hydrogens (tertiary/aromatic N) is 2. The van der Waals surface area contributed by atoms with Crippen molar-refractivity contribution in [2.24, 2.45) is 5.41 Å². The largest absolute Gasteiger partial charge is 0.338 e. The third-order valence-electron chi connectivity index (χ3n) is 2.94. The van der Waals surface area contributed by atoms with E-state index < -0.39 is 0 Å². The van der Waals surface area contributed by atoms with Gasteiger partial charge in [0.1, 0.15) is 0 Å². The molecule has 0 unspecified atom stereocenters. The maximum Gasteiger partial charge on any atom is 0.245 e. The van der Waals surface area contributed by atoms with E-state index in [0.29, 0.717) is 5.41 Å². The summed E-state index contributed by atoms with van der Waals surface area (Å²) in [7, 11) is 0. The molecule has 2 rings (SSSR count). The van der Waals surface area contributed by atoms with Gasteiger partial charge < -0.3 is 4.90 Å². The van der Waals surface area contributed by atoms with Gasteiger partial charge in [-0.05, 0) is 24.3 Å². The van der Waals surface area contributed by atoms with Crippen LogP contribution in [0.2, 0.25) is 0 Å². The topological polar surface area (TPSA) is 23.6 Å². The van der Waals surface area contributed by atoms with Gasteiger partial charge >= 0.3 is 0 Å². The third kappa shape index (κ3) is 1.46. The molecule has 0 bridgehead atoms. The molecule has 2 aliphatic heterocycles. The van der Waals surface area contributed by atoms with E-state index in [-0.39, 0.29) is 5.91 Å². The third-order valence-corrected chi connectivity index (χ3v) is 3.18. The Morgan fingerprint density at radius 1 is 1.46 bits per heavy atom. The van der Waals surface area contributed by atoms with Gasteiger partial charge in [-0.3, -0.25) is 4.79 Å². The van der Waals surface area contributed by atoms with Gasteiger partial charge in [0.2, 0.25) is 5.91 Å². The summed E-state index contributed by atoms with van der Waals surface area (Å²) < 4.78 is 1.78. The highest BCUT2D eigenvalue weighted by Crippen LogP contribution is 2.40. The average molecular weight is 201 g/mol. The lowest BCUT2D eigenvalue weighted by atomic mass is 9.81. The van der Waals surface area contributed by atoms with Crippen molar-refractivity contribution in [1.29, 1.82) is 0 Å². The van der Waals surface area contributed by atoms with Crippen molar-refractivity contribution in [2.45, 2.75) is 6.42 Å². The number of rotatable bonds is 1. The molecule has 0 aromatic heterocycles. The van der Waals surface area contributed by atoms with Crippen LogP contribution in [0.4, 0.5) is 0 Å². The SMILES string of the molecule is C=CC(=O)N1CCC2(CN(Cl)C2)C1. The van der Waals surface area contributed by atoms with Crippen LogP contribution in [0.25, 0.3) is 0 Å². The molecule has 2 fully saturated rings. The predicted molar refractivity (Wildman–Crippen MR) is 51.3 cm³/mol. The molecule has 13 heavy (non-hydrogen) atoms. The molecule has 0 aliphatic carbocycles. The van der Waals surface area contributed by atoms with Gasteiger partial charge in [0.15, 0.2) is 0 Å². The number of hydrogen-bond acceptors (Lipinski definition) is 2. The van der Waals surface area contributed by atoms with Crippen LogP contribution in [0, 0.1) is 5.41 Å². The molecule has 3 nitrogen and oxygen atoms in total. The lowest BCUT2D eigenvalue weighted by Crippen LogP contribution is -2.53. The molecule has 1 spiro atoms. The number of amides is 1. The summed E-state index contributed by atoms with van der Waals surface area (Å²) in [6.45, 7) is 7.01. The molecule has 2 aliphatic rings. The Balaban J connectivity index is 1.95. The molecule has 1 amide bonds. The highest BCUT2D eigenvalue weighted by Gasteiger charge is 2.47. The van der Waals surface area contributed by atoms with Crippen molar-refractivity contribution in [3.8, 4) is 0 Å². The second kappa shape index (κ2) is 3.00. The zero-order valence-corrected chi connectivity index (χ0v) is 8.26. The van der Waals surface area contributed by atoms with Gasteiger partial charge in [-0.1, -0.05) is 6.58 Å². The molecule has 72 valence electrons. The Labute approximate surface area is 83.1 Å². The summed E-state index contributed by atoms with van der Waals surface area (Å²) in [4.78, 5) is 13.1. The van der Waals surface area contributed by atoms with Crippen LogP contribution in [0.3, 0.4) is 0 Å². The minimum Gasteiger partial charge on any atom is -0.338 e. The maximum absolute atomic E-state index is 11.3. The van der Waals surface area contributed by atoms with Gasteiger partial charge in [0.05, 0.1) is 0 Å². The Morgan fingerprint density at radius 2 is 2.15 bits per heavy atom. The minimum absolute atomic E-state index is 0.0462. The molecule has 0 aromatic rings. The molecule has 0 atom stereocenters. The van der Waals surface area contributed by atoms with Crippen molar-refractivity contribution in [2.75, 3.05) is 26.2 Å². The molecule has 0 aromatic carbocycles. The fourth-order valence-electron chi connectivity index (χ4n) is 2.19. The average Bonchev–Trinajstić information content (AvgIpc) is 2.47. The standard InChI is InChI=1S/C9H13ClN2O/c1-2-8(13)11-4-3-9(5-11)6-12(10)7-9/h2H,1,3-7H2. The smallest absolute Gasteiger partial charge is 0.245 e. The number of halogens is 1. The summed E-state index contributed by atoms with van der Waals surface area (Å²) >= 11 is 5.79. The van der Waals surface area contributed by atoms with E-state index in [4.69, 9.17) is 11.8 Å². The number of hydrogen-bond donors (Lipinski definition) is 0. The first-order chi connectivity index (χ1) is 6.15. The van der Waals surface area contributed by atoms with Crippen molar-refractivity contribution < 1.29 is 4.79 Å². The molecule has 4 heteroatoms. The fraction of sp³-hybridized carbons (Fsp3) is 0.667. The van der Waals surface area contributed by atoms with Gasteiger partial charge in [0.25, 0.3) is 0 Å². The Hall–Kier alpha value is -0.540. The van der Waals surface area contributed by atoms with E-state index >= 15 is 0 Å². The van der Waals surface area contributed by atoms with Gasteiger partial charge in [-0.25, -0.2) is 4.42 Å². The molecule has 0 saturated carbocycles. The summed E-state index contributed by atoms with van der Waals surface area (Å²) in [5, 5.41) is 0. The second-order valence-electron chi connectivity index (χ2n) is 3.99. The van der Waals surface area contributed by atoms with E-state index in [1.165, 1.54) is 6.08 Å². The number of carbonyl (C=O) groups is 1. The molecular weight excluding hydrogens is 188 g/mol. The zero-order valence-electron chi connectivity index (χ0n) is 7.50. The van der Waals surface area contributed by atoms with Gasteiger partial charge in [0, 0.05) is 31.6 Å². The van der Waals surface area contributed by atoms with Crippen molar-refractivity contribution in [1.82, 2.24) is 9.32 Å². The first kappa shape index (κ1) is 9.03. The van der Waals surface area contributed by atoms with Crippen LogP contribution < -0.4 is 0 Å². The Kier molecular flexibility index (Phi) is 2.08. The van der Waals surface area contributed by atoms with E-state index in [1.54, 1.807) is 4.42 Å². The van der Waals surface area contributed by atoms with E-state index in [0.717, 1.165) is 32.6 Å². The normalized spacial score (nSPS) is 26.1. The van der Waals surface area contributed by atoms with E-state index in [9.17, 15) is 4.79 Å². The minimum atomic E-state index is 0.0462. The lowest BCUT2D eigenvalue weighted by Gasteiger charge is -2.43. The molecule has 0 radical (unpaired) electrons. The predicted octanol–water partition coefficient (Wildman–Crippen LogP) is 0.861. The van der Waals surface area contributed by atoms with Crippen LogP contribution in [0.5, 0.6) is 0 Å². The van der Waals surface area contributed by atoms with Crippen molar-refractivity contribution >= 4 is 17.7 Å². The highest BCUT2D eigenvalue weighted by atomic mass is 35.5. The van der Waals surface area contributed by atoms with Crippen molar-refractivity contribution in [3.05, 3.63) is 12.7 Å². The quantitative estimate of drug-likeness (QED) is 0.463. The van der Waals surface area contributed by atoms with Crippen LogP contribution in [0.1, 0.15) is 6.42 Å². The first-order valence-corrected chi connectivity index (χ1v) is 4.81. The lowest BCUT2D eigenvalue weighted by molar-refractivity contribution is -0.125. The van der Waals surface area contributed by atoms with Gasteiger partial charge in [-0.2, -0.15) is 0 Å². The maximum atomic E-state index is 11.3. The first-order valence-electron chi connectivity index (χ1n) is 4.47. The van der Waals surface area contributed by atoms with Gasteiger partial charge in [-0.15, -0.1) is 0 Å². The number of likely N-dealkylation sites (tertiary alicyclic amines) is 1. The summed E-state index contributed by atoms with van der Waals surface area (Å²) in [5.74, 6) is 0.0462. The fourth-order valence-corrected chi connectivity index (χ4v) is 2.70. The van der Waals surface area contributed by atoms with Crippen LogP contribution in [-0.2, 0) is 4.79 Å². The highest BCUT2D eigenvalue weighted by molar-refractivity contribution is 6.13.